The molecule has 0 bridgehead atoms. The second-order valence-corrected chi connectivity index (χ2v) is 14.2. The van der Waals surface area contributed by atoms with E-state index in [1.165, 1.54) is 31.7 Å². The Morgan fingerprint density at radius 3 is 2.44 bits per heavy atom. The van der Waals surface area contributed by atoms with Gasteiger partial charge in [-0.15, -0.1) is 0 Å². The molecular weight excluding hydrogens is 575 g/mol. The maximum absolute atomic E-state index is 15.7. The summed E-state index contributed by atoms with van der Waals surface area (Å²) < 4.78 is 28.2. The van der Waals surface area contributed by atoms with Crippen LogP contribution in [0.3, 0.4) is 0 Å². The van der Waals surface area contributed by atoms with Gasteiger partial charge in [0.1, 0.15) is 5.82 Å². The van der Waals surface area contributed by atoms with E-state index in [9.17, 15) is 14.7 Å². The maximum Gasteiger partial charge on any atom is 0.307 e. The summed E-state index contributed by atoms with van der Waals surface area (Å²) in [7, 11) is 1.84. The fraction of sp³-hybridized carbons (Fsp3) is 0.629. The van der Waals surface area contributed by atoms with E-state index in [-0.39, 0.29) is 24.5 Å². The first kappa shape index (κ1) is 31.7. The minimum Gasteiger partial charge on any atom is -0.490 e. The quantitative estimate of drug-likeness (QED) is 0.479. The summed E-state index contributed by atoms with van der Waals surface area (Å²) >= 11 is 0. The lowest BCUT2D eigenvalue weighted by Crippen LogP contribution is -2.64. The number of carbonyl (C=O) groups is 2. The highest BCUT2D eigenvalue weighted by atomic mass is 19.1. The van der Waals surface area contributed by atoms with E-state index in [4.69, 9.17) is 14.5 Å². The molecule has 1 aliphatic carbocycles. The number of piperazine rings is 1. The van der Waals surface area contributed by atoms with Crippen LogP contribution in [-0.2, 0) is 33.6 Å². The van der Waals surface area contributed by atoms with Gasteiger partial charge < -0.3 is 24.4 Å². The first-order chi connectivity index (χ1) is 21.3. The normalized spacial score (nSPS) is 22.4. The Morgan fingerprint density at radius 1 is 1.11 bits per heavy atom. The number of aromatic nitrogens is 1. The first-order valence-electron chi connectivity index (χ1n) is 16.5. The highest BCUT2D eigenvalue weighted by molar-refractivity contribution is 5.94. The van der Waals surface area contributed by atoms with Crippen molar-refractivity contribution >= 4 is 17.7 Å². The molecule has 1 amide bonds. The molecule has 1 atom stereocenters. The van der Waals surface area contributed by atoms with Crippen molar-refractivity contribution in [2.75, 3.05) is 44.7 Å². The number of ether oxygens (including phenoxy) is 2. The fourth-order valence-corrected chi connectivity index (χ4v) is 8.03. The van der Waals surface area contributed by atoms with Gasteiger partial charge in [0.2, 0.25) is 5.72 Å². The van der Waals surface area contributed by atoms with Crippen LogP contribution < -0.4 is 9.64 Å². The Morgan fingerprint density at radius 2 is 1.80 bits per heavy atom. The van der Waals surface area contributed by atoms with Crippen molar-refractivity contribution in [1.29, 1.82) is 0 Å². The summed E-state index contributed by atoms with van der Waals surface area (Å²) in [5.41, 5.74) is 2.62. The van der Waals surface area contributed by atoms with Crippen molar-refractivity contribution < 1.29 is 28.6 Å². The maximum atomic E-state index is 15.7. The van der Waals surface area contributed by atoms with E-state index >= 15 is 4.39 Å². The molecule has 1 N–H and O–H groups in total. The van der Waals surface area contributed by atoms with E-state index < -0.39 is 23.1 Å². The molecule has 45 heavy (non-hydrogen) atoms. The number of fused-ring (bicyclic) bond motifs is 2. The van der Waals surface area contributed by atoms with Gasteiger partial charge in [0, 0.05) is 62.5 Å². The largest absolute Gasteiger partial charge is 0.490 e. The van der Waals surface area contributed by atoms with Crippen molar-refractivity contribution in [3.63, 3.8) is 0 Å². The number of carboxylic acids is 1. The molecule has 4 heterocycles. The molecule has 244 valence electrons. The average Bonchev–Trinajstić information content (AvgIpc) is 3.62. The van der Waals surface area contributed by atoms with Gasteiger partial charge in [-0.2, -0.15) is 0 Å². The van der Waals surface area contributed by atoms with E-state index in [1.807, 2.05) is 44.5 Å². The van der Waals surface area contributed by atoms with Crippen molar-refractivity contribution in [2.24, 2.45) is 0 Å². The highest BCUT2D eigenvalue weighted by Crippen LogP contribution is 2.49. The van der Waals surface area contributed by atoms with Crippen molar-refractivity contribution in [1.82, 2.24) is 14.8 Å². The molecule has 1 unspecified atom stereocenters. The predicted octanol–water partition coefficient (Wildman–Crippen LogP) is 5.05. The Labute approximate surface area is 265 Å². The second-order valence-electron chi connectivity index (χ2n) is 14.2. The minimum atomic E-state index is -1.39. The molecule has 3 aliphatic heterocycles. The number of carbonyl (C=O) groups excluding carboxylic acids is 1. The van der Waals surface area contributed by atoms with Gasteiger partial charge in [0.15, 0.2) is 11.6 Å². The summed E-state index contributed by atoms with van der Waals surface area (Å²) in [5, 5.41) is 9.97. The van der Waals surface area contributed by atoms with Crippen LogP contribution in [0.2, 0.25) is 0 Å². The second kappa shape index (κ2) is 11.8. The number of benzene rings is 1. The first-order valence-corrected chi connectivity index (χ1v) is 16.5. The van der Waals surface area contributed by atoms with Crippen molar-refractivity contribution in [2.45, 2.75) is 103 Å². The summed E-state index contributed by atoms with van der Waals surface area (Å²) in [6.45, 7) is 12.9. The van der Waals surface area contributed by atoms with Crippen LogP contribution in [0.4, 0.5) is 10.2 Å². The number of hydrogen-bond donors (Lipinski definition) is 1. The lowest BCUT2D eigenvalue weighted by molar-refractivity contribution is -0.177. The molecule has 0 spiro atoms. The number of carboxylic acid groups (broad SMARTS) is 1. The molecule has 1 saturated carbocycles. The molecule has 2 aromatic rings. The highest BCUT2D eigenvalue weighted by Gasteiger charge is 2.55. The van der Waals surface area contributed by atoms with Crippen molar-refractivity contribution in [3.05, 3.63) is 39.8 Å². The van der Waals surface area contributed by atoms with Crippen LogP contribution in [-0.4, -0.2) is 89.0 Å². The van der Waals surface area contributed by atoms with E-state index in [1.54, 1.807) is 6.92 Å². The number of rotatable bonds is 6. The van der Waals surface area contributed by atoms with E-state index in [0.717, 1.165) is 30.6 Å². The SMILES string of the molecule is Cc1nc2c(c(-c3cc(F)c4c(c3C)CCCO4)c1CC(=O)O)CC(OC(C)(C)C)(C(=O)N1CCN(C3CCCC3)CC1)N2C. The van der Waals surface area contributed by atoms with Gasteiger partial charge in [0.05, 0.1) is 18.6 Å². The van der Waals surface area contributed by atoms with E-state index in [0.29, 0.717) is 65.9 Å². The molecule has 9 nitrogen and oxygen atoms in total. The smallest absolute Gasteiger partial charge is 0.307 e. The van der Waals surface area contributed by atoms with Gasteiger partial charge in [-0.25, -0.2) is 9.37 Å². The molecular formula is C35H47FN4O5. The van der Waals surface area contributed by atoms with Crippen LogP contribution in [0.5, 0.6) is 5.75 Å². The number of anilines is 1. The molecule has 4 aliphatic rings. The average molecular weight is 623 g/mol. The molecule has 6 rings (SSSR count). The number of pyridine rings is 1. The molecule has 1 aromatic heterocycles. The third-order valence-corrected chi connectivity index (χ3v) is 10.1. The summed E-state index contributed by atoms with van der Waals surface area (Å²) in [5.74, 6) is -0.740. The lowest BCUT2D eigenvalue weighted by atomic mass is 9.85. The third kappa shape index (κ3) is 5.69. The van der Waals surface area contributed by atoms with Gasteiger partial charge in [-0.1, -0.05) is 12.8 Å². The summed E-state index contributed by atoms with van der Waals surface area (Å²) in [6.07, 6.45) is 6.35. The predicted molar refractivity (Wildman–Crippen MR) is 170 cm³/mol. The van der Waals surface area contributed by atoms with Gasteiger partial charge in [-0.3, -0.25) is 14.5 Å². The van der Waals surface area contributed by atoms with Crippen LogP contribution in [0.1, 0.15) is 80.8 Å². The molecule has 0 radical (unpaired) electrons. The zero-order valence-electron chi connectivity index (χ0n) is 27.6. The Bertz CT molecular complexity index is 1510. The Hall–Kier alpha value is -3.24. The summed E-state index contributed by atoms with van der Waals surface area (Å²) in [6, 6.07) is 2.07. The molecule has 1 aromatic carbocycles. The standard InChI is InChI=1S/C35H47FN4O5/c1-21-24-12-9-17-44-31(24)28(36)18-25(21)30-26(19-29(41)42)22(2)37-32-27(30)20-35(38(32)6,45-34(3,4)5)33(43)40-15-13-39(14-16-40)23-10-7-8-11-23/h18,23H,7-17,19-20H2,1-6H3,(H,41,42). The fourth-order valence-electron chi connectivity index (χ4n) is 8.03. The Balaban J connectivity index is 1.46. The van der Waals surface area contributed by atoms with Gasteiger partial charge in [0.25, 0.3) is 5.91 Å². The van der Waals surface area contributed by atoms with Crippen LogP contribution in [0.25, 0.3) is 11.1 Å². The minimum absolute atomic E-state index is 0.117. The topological polar surface area (TPSA) is 95.4 Å². The third-order valence-electron chi connectivity index (χ3n) is 10.1. The number of halogens is 1. The lowest BCUT2D eigenvalue weighted by Gasteiger charge is -2.45. The number of nitrogens with zero attached hydrogens (tertiary/aromatic N) is 4. The van der Waals surface area contributed by atoms with Crippen LogP contribution in [0, 0.1) is 19.7 Å². The number of amides is 1. The monoisotopic (exact) mass is 622 g/mol. The Kier molecular flexibility index (Phi) is 8.35. The zero-order chi connectivity index (χ0) is 32.3. The van der Waals surface area contributed by atoms with Crippen molar-refractivity contribution in [3.8, 4) is 16.9 Å². The van der Waals surface area contributed by atoms with Crippen LogP contribution >= 0.6 is 0 Å². The molecule has 10 heteroatoms. The number of aliphatic carboxylic acids is 1. The van der Waals surface area contributed by atoms with E-state index in [2.05, 4.69) is 4.90 Å². The zero-order valence-corrected chi connectivity index (χ0v) is 27.6. The summed E-state index contributed by atoms with van der Waals surface area (Å²) in [4.78, 5) is 38.1. The van der Waals surface area contributed by atoms with Gasteiger partial charge >= 0.3 is 5.97 Å². The molecule has 2 fully saturated rings. The number of hydrogen-bond acceptors (Lipinski definition) is 7. The van der Waals surface area contributed by atoms with Crippen LogP contribution in [0.15, 0.2) is 6.07 Å². The molecule has 1 saturated heterocycles. The number of aryl methyl sites for hydroxylation is 1. The van der Waals surface area contributed by atoms with Gasteiger partial charge in [-0.05, 0) is 88.6 Å². The number of likely N-dealkylation sites (N-methyl/N-ethyl adjacent to an activating group) is 1.